The van der Waals surface area contributed by atoms with Crippen molar-refractivity contribution < 1.29 is 0 Å². The van der Waals surface area contributed by atoms with E-state index in [9.17, 15) is 0 Å². The molecule has 116 valence electrons. The fourth-order valence-corrected chi connectivity index (χ4v) is 4.26. The first-order chi connectivity index (χ1) is 10.2. The van der Waals surface area contributed by atoms with Crippen LogP contribution in [-0.2, 0) is 0 Å². The Kier molecular flexibility index (Phi) is 5.07. The minimum atomic E-state index is 0.216. The minimum absolute atomic E-state index is 0.216. The van der Waals surface area contributed by atoms with Crippen LogP contribution >= 0.6 is 23.2 Å². The Labute approximate surface area is 137 Å². The molecule has 0 aromatic heterocycles. The van der Waals surface area contributed by atoms with Crippen molar-refractivity contribution in [1.82, 2.24) is 9.80 Å². The van der Waals surface area contributed by atoms with Gasteiger partial charge in [0.05, 0.1) is 0 Å². The third-order valence-electron chi connectivity index (χ3n) is 4.79. The van der Waals surface area contributed by atoms with Crippen molar-refractivity contribution in [3.05, 3.63) is 33.8 Å². The van der Waals surface area contributed by atoms with Crippen LogP contribution in [0.5, 0.6) is 0 Å². The van der Waals surface area contributed by atoms with Gasteiger partial charge in [-0.25, -0.2) is 0 Å². The van der Waals surface area contributed by atoms with Crippen LogP contribution in [0.15, 0.2) is 18.2 Å². The average Bonchev–Trinajstić information content (AvgIpc) is 3.09. The maximum atomic E-state index is 6.14. The summed E-state index contributed by atoms with van der Waals surface area (Å²) >= 11 is 12.3. The fourth-order valence-electron chi connectivity index (χ4n) is 3.72. The lowest BCUT2D eigenvalue weighted by Gasteiger charge is -2.29. The Hall–Kier alpha value is -0.320. The van der Waals surface area contributed by atoms with Gasteiger partial charge in [-0.05, 0) is 56.1 Å². The third kappa shape index (κ3) is 3.54. The van der Waals surface area contributed by atoms with Crippen LogP contribution in [0.1, 0.15) is 30.9 Å². The number of nitrogens with zero attached hydrogens (tertiary/aromatic N) is 2. The van der Waals surface area contributed by atoms with Crippen LogP contribution in [-0.4, -0.2) is 48.6 Å². The van der Waals surface area contributed by atoms with Crippen molar-refractivity contribution >= 4 is 23.2 Å². The molecule has 3 nitrogen and oxygen atoms in total. The quantitative estimate of drug-likeness (QED) is 0.921. The summed E-state index contributed by atoms with van der Waals surface area (Å²) in [6, 6.07) is 6.67. The van der Waals surface area contributed by atoms with Crippen LogP contribution in [0, 0.1) is 0 Å². The van der Waals surface area contributed by atoms with E-state index in [4.69, 9.17) is 28.9 Å². The summed E-state index contributed by atoms with van der Waals surface area (Å²) in [5.41, 5.74) is 7.18. The summed E-state index contributed by atoms with van der Waals surface area (Å²) in [7, 11) is 0. The second-order valence-corrected chi connectivity index (χ2v) is 7.01. The number of hydrogen-bond acceptors (Lipinski definition) is 3. The Bertz CT molecular complexity index is 468. The van der Waals surface area contributed by atoms with Gasteiger partial charge in [0.15, 0.2) is 0 Å². The molecule has 0 spiro atoms. The normalized spacial score (nSPS) is 25.6. The second-order valence-electron chi connectivity index (χ2n) is 6.13. The van der Waals surface area contributed by atoms with E-state index < -0.39 is 0 Å². The lowest BCUT2D eigenvalue weighted by molar-refractivity contribution is 0.203. The molecule has 2 fully saturated rings. The highest BCUT2D eigenvalue weighted by Gasteiger charge is 2.32. The number of benzene rings is 1. The number of likely N-dealkylation sites (tertiary alicyclic amines) is 2. The Morgan fingerprint density at radius 2 is 1.76 bits per heavy atom. The zero-order chi connectivity index (χ0) is 14.8. The van der Waals surface area contributed by atoms with Crippen LogP contribution < -0.4 is 5.73 Å². The molecule has 2 N–H and O–H groups in total. The van der Waals surface area contributed by atoms with Crippen LogP contribution in [0.4, 0.5) is 0 Å². The van der Waals surface area contributed by atoms with Gasteiger partial charge in [-0.3, -0.25) is 9.80 Å². The van der Waals surface area contributed by atoms with E-state index in [0.29, 0.717) is 22.6 Å². The average molecular weight is 328 g/mol. The zero-order valence-corrected chi connectivity index (χ0v) is 13.8. The Morgan fingerprint density at radius 3 is 2.38 bits per heavy atom. The number of rotatable bonds is 4. The number of hydrogen-bond donors (Lipinski definition) is 1. The van der Waals surface area contributed by atoms with Crippen molar-refractivity contribution in [3.8, 4) is 0 Å². The van der Waals surface area contributed by atoms with Crippen molar-refractivity contribution in [1.29, 1.82) is 0 Å². The molecule has 0 bridgehead atoms. The van der Waals surface area contributed by atoms with Gasteiger partial charge < -0.3 is 5.73 Å². The predicted molar refractivity (Wildman–Crippen MR) is 89.0 cm³/mol. The van der Waals surface area contributed by atoms with Crippen molar-refractivity contribution in [2.75, 3.05) is 32.7 Å². The van der Waals surface area contributed by atoms with Gasteiger partial charge in [0.25, 0.3) is 0 Å². The summed E-state index contributed by atoms with van der Waals surface area (Å²) in [5, 5.41) is 1.37. The summed E-state index contributed by atoms with van der Waals surface area (Å²) in [5.74, 6) is 0. The highest BCUT2D eigenvalue weighted by Crippen LogP contribution is 2.30. The molecule has 2 atom stereocenters. The second kappa shape index (κ2) is 6.84. The van der Waals surface area contributed by atoms with Crippen molar-refractivity contribution in [2.24, 2.45) is 5.73 Å². The molecular weight excluding hydrogens is 305 g/mol. The summed E-state index contributed by atoms with van der Waals surface area (Å²) < 4.78 is 0. The number of halogens is 2. The maximum Gasteiger partial charge on any atom is 0.0472 e. The maximum absolute atomic E-state index is 6.14. The Morgan fingerprint density at radius 1 is 1.10 bits per heavy atom. The van der Waals surface area contributed by atoms with E-state index in [0.717, 1.165) is 18.7 Å². The smallest absolute Gasteiger partial charge is 0.0472 e. The predicted octanol–water partition coefficient (Wildman–Crippen LogP) is 3.16. The largest absolute Gasteiger partial charge is 0.329 e. The first-order valence-corrected chi connectivity index (χ1v) is 8.57. The lowest BCUT2D eigenvalue weighted by atomic mass is 10.1. The zero-order valence-electron chi connectivity index (χ0n) is 12.3. The molecule has 2 unspecified atom stereocenters. The van der Waals surface area contributed by atoms with E-state index in [1.807, 2.05) is 12.1 Å². The monoisotopic (exact) mass is 327 g/mol. The fraction of sp³-hybridized carbons (Fsp3) is 0.625. The lowest BCUT2D eigenvalue weighted by Crippen LogP contribution is -2.38. The summed E-state index contributed by atoms with van der Waals surface area (Å²) in [6.07, 6.45) is 3.94. The molecule has 0 aliphatic carbocycles. The van der Waals surface area contributed by atoms with Gasteiger partial charge in [0, 0.05) is 41.8 Å². The molecule has 1 aromatic rings. The highest BCUT2D eigenvalue weighted by atomic mass is 35.5. The summed E-state index contributed by atoms with van der Waals surface area (Å²) in [4.78, 5) is 5.13. The van der Waals surface area contributed by atoms with Crippen LogP contribution in [0.2, 0.25) is 10.0 Å². The van der Waals surface area contributed by atoms with Gasteiger partial charge in [0.1, 0.15) is 0 Å². The standard InChI is InChI=1S/C16H23Cl2N3/c17-13-7-12(8-14(18)9-13)16(10-19)21-6-3-15(11-21)20-4-1-2-5-20/h7-9,15-16H,1-6,10-11,19H2. The molecule has 5 heteroatoms. The van der Waals surface area contributed by atoms with Crippen molar-refractivity contribution in [3.63, 3.8) is 0 Å². The molecule has 2 aliphatic heterocycles. The SMILES string of the molecule is NCC(c1cc(Cl)cc(Cl)c1)N1CCC(N2CCCC2)C1. The molecule has 21 heavy (non-hydrogen) atoms. The first kappa shape index (κ1) is 15.6. The molecule has 2 heterocycles. The van der Waals surface area contributed by atoms with Gasteiger partial charge >= 0.3 is 0 Å². The molecule has 0 radical (unpaired) electrons. The first-order valence-electron chi connectivity index (χ1n) is 7.81. The molecule has 2 aliphatic rings. The molecular formula is C16H23Cl2N3. The summed E-state index contributed by atoms with van der Waals surface area (Å²) in [6.45, 7) is 5.33. The van der Waals surface area contributed by atoms with E-state index in [1.54, 1.807) is 6.07 Å². The van der Waals surface area contributed by atoms with Gasteiger partial charge in [-0.2, -0.15) is 0 Å². The van der Waals surface area contributed by atoms with E-state index >= 15 is 0 Å². The third-order valence-corrected chi connectivity index (χ3v) is 5.22. The minimum Gasteiger partial charge on any atom is -0.329 e. The van der Waals surface area contributed by atoms with Gasteiger partial charge in [0.2, 0.25) is 0 Å². The topological polar surface area (TPSA) is 32.5 Å². The molecule has 0 amide bonds. The number of nitrogens with two attached hydrogens (primary N) is 1. The molecule has 2 saturated heterocycles. The molecule has 1 aromatic carbocycles. The Balaban J connectivity index is 1.71. The molecule has 3 rings (SSSR count). The van der Waals surface area contributed by atoms with E-state index in [2.05, 4.69) is 9.80 Å². The van der Waals surface area contributed by atoms with Gasteiger partial charge in [-0.15, -0.1) is 0 Å². The molecule has 0 saturated carbocycles. The van der Waals surface area contributed by atoms with E-state index in [1.165, 1.54) is 32.4 Å². The van der Waals surface area contributed by atoms with E-state index in [-0.39, 0.29) is 6.04 Å². The van der Waals surface area contributed by atoms with Crippen LogP contribution in [0.25, 0.3) is 0 Å². The van der Waals surface area contributed by atoms with Crippen LogP contribution in [0.3, 0.4) is 0 Å². The highest BCUT2D eigenvalue weighted by molar-refractivity contribution is 6.34. The van der Waals surface area contributed by atoms with Crippen molar-refractivity contribution in [2.45, 2.75) is 31.3 Å². The van der Waals surface area contributed by atoms with Gasteiger partial charge in [-0.1, -0.05) is 23.2 Å².